The molecule has 146 valence electrons. The number of hydrogen-bond donors (Lipinski definition) is 2. The van der Waals surface area contributed by atoms with E-state index in [4.69, 9.17) is 4.74 Å². The highest BCUT2D eigenvalue weighted by Crippen LogP contribution is 2.20. The van der Waals surface area contributed by atoms with Gasteiger partial charge in [0, 0.05) is 31.8 Å². The largest absolute Gasteiger partial charge is 0.496 e. The van der Waals surface area contributed by atoms with Crippen molar-refractivity contribution in [2.24, 2.45) is 4.99 Å². The number of halogens is 1. The molecule has 0 spiro atoms. The fraction of sp³-hybridized carbons (Fsp3) is 0.316. The summed E-state index contributed by atoms with van der Waals surface area (Å²) in [5.74, 6) is 1.45. The normalized spacial score (nSPS) is 10.7. The van der Waals surface area contributed by atoms with Gasteiger partial charge in [-0.3, -0.25) is 15.1 Å². The number of ether oxygens (including phenoxy) is 1. The zero-order valence-electron chi connectivity index (χ0n) is 15.7. The fourth-order valence-electron chi connectivity index (χ4n) is 2.66. The summed E-state index contributed by atoms with van der Waals surface area (Å²) in [6.45, 7) is 3.03. The van der Waals surface area contributed by atoms with Crippen molar-refractivity contribution in [1.29, 1.82) is 0 Å². The Kier molecular flexibility index (Phi) is 9.55. The van der Waals surface area contributed by atoms with Crippen LogP contribution in [-0.4, -0.2) is 31.6 Å². The van der Waals surface area contributed by atoms with Crippen molar-refractivity contribution in [3.63, 3.8) is 0 Å². The van der Waals surface area contributed by atoms with Gasteiger partial charge in [-0.05, 0) is 25.0 Å². The highest BCUT2D eigenvalue weighted by atomic mass is 127. The molecule has 0 fully saturated rings. The lowest BCUT2D eigenvalue weighted by molar-refractivity contribution is -0.385. The second kappa shape index (κ2) is 11.4. The van der Waals surface area contributed by atoms with Crippen LogP contribution in [0.4, 0.5) is 5.69 Å². The summed E-state index contributed by atoms with van der Waals surface area (Å²) in [4.78, 5) is 14.9. The Morgan fingerprint density at radius 3 is 2.59 bits per heavy atom. The van der Waals surface area contributed by atoms with Crippen molar-refractivity contribution in [2.45, 2.75) is 19.9 Å². The molecule has 8 heteroatoms. The first-order valence-corrected chi connectivity index (χ1v) is 8.35. The molecule has 27 heavy (non-hydrogen) atoms. The van der Waals surface area contributed by atoms with Crippen LogP contribution in [0.2, 0.25) is 0 Å². The van der Waals surface area contributed by atoms with E-state index < -0.39 is 0 Å². The maximum atomic E-state index is 11.1. The van der Waals surface area contributed by atoms with Gasteiger partial charge >= 0.3 is 0 Å². The molecule has 2 aromatic rings. The predicted octanol–water partition coefficient (Wildman–Crippen LogP) is 3.44. The van der Waals surface area contributed by atoms with Crippen LogP contribution in [0.25, 0.3) is 0 Å². The third kappa shape index (κ3) is 6.70. The molecular weight excluding hydrogens is 459 g/mol. The van der Waals surface area contributed by atoms with Gasteiger partial charge in [0.25, 0.3) is 5.69 Å². The molecule has 0 aliphatic rings. The SMILES string of the molecule is CN=C(NCCc1cc(C)ccc1OC)NCc1ccccc1[N+](=O)[O-].I. The average Bonchev–Trinajstić information content (AvgIpc) is 2.64. The molecule has 2 aromatic carbocycles. The van der Waals surface area contributed by atoms with E-state index in [2.05, 4.69) is 21.7 Å². The quantitative estimate of drug-likeness (QED) is 0.207. The van der Waals surface area contributed by atoms with Crippen LogP contribution in [0.3, 0.4) is 0 Å². The number of aryl methyl sites for hydroxylation is 1. The molecule has 0 heterocycles. The van der Waals surface area contributed by atoms with Gasteiger partial charge in [-0.15, -0.1) is 24.0 Å². The van der Waals surface area contributed by atoms with Crippen LogP contribution in [0, 0.1) is 17.0 Å². The zero-order valence-corrected chi connectivity index (χ0v) is 18.0. The summed E-state index contributed by atoms with van der Waals surface area (Å²) in [7, 11) is 3.33. The summed E-state index contributed by atoms with van der Waals surface area (Å²) >= 11 is 0. The molecule has 0 radical (unpaired) electrons. The molecule has 0 atom stereocenters. The lowest BCUT2D eigenvalue weighted by Crippen LogP contribution is -2.38. The molecule has 0 saturated carbocycles. The van der Waals surface area contributed by atoms with E-state index in [1.54, 1.807) is 32.4 Å². The number of guanidine groups is 1. The number of nitro groups is 1. The molecule has 2 N–H and O–H groups in total. The molecule has 0 aliphatic heterocycles. The lowest BCUT2D eigenvalue weighted by atomic mass is 10.1. The summed E-state index contributed by atoms with van der Waals surface area (Å²) in [5.41, 5.74) is 3.01. The van der Waals surface area contributed by atoms with Gasteiger partial charge in [0.1, 0.15) is 5.75 Å². The van der Waals surface area contributed by atoms with E-state index in [0.717, 1.165) is 17.7 Å². The molecule has 0 saturated heterocycles. The molecule has 0 aliphatic carbocycles. The van der Waals surface area contributed by atoms with Gasteiger partial charge in [-0.1, -0.05) is 35.9 Å². The monoisotopic (exact) mass is 484 g/mol. The molecule has 7 nitrogen and oxygen atoms in total. The van der Waals surface area contributed by atoms with E-state index in [-0.39, 0.29) is 34.6 Å². The maximum absolute atomic E-state index is 11.1. The highest BCUT2D eigenvalue weighted by Gasteiger charge is 2.12. The first-order valence-electron chi connectivity index (χ1n) is 8.35. The minimum atomic E-state index is -0.378. The number of aliphatic imine (C=N–C) groups is 1. The van der Waals surface area contributed by atoms with Crippen molar-refractivity contribution in [3.05, 3.63) is 69.3 Å². The van der Waals surface area contributed by atoms with E-state index in [9.17, 15) is 10.1 Å². The van der Waals surface area contributed by atoms with Gasteiger partial charge in [0.15, 0.2) is 5.96 Å². The van der Waals surface area contributed by atoms with Crippen molar-refractivity contribution < 1.29 is 9.66 Å². The number of hydrogen-bond acceptors (Lipinski definition) is 4. The number of nitro benzene ring substituents is 1. The van der Waals surface area contributed by atoms with Crippen LogP contribution >= 0.6 is 24.0 Å². The van der Waals surface area contributed by atoms with E-state index in [1.807, 2.05) is 19.1 Å². The van der Waals surface area contributed by atoms with Crippen LogP contribution in [0.5, 0.6) is 5.75 Å². The first-order chi connectivity index (χ1) is 12.5. The molecule has 0 bridgehead atoms. The average molecular weight is 484 g/mol. The third-order valence-corrected chi connectivity index (χ3v) is 3.98. The van der Waals surface area contributed by atoms with E-state index in [0.29, 0.717) is 24.6 Å². The number of nitrogens with zero attached hydrogens (tertiary/aromatic N) is 2. The third-order valence-electron chi connectivity index (χ3n) is 3.98. The second-order valence-electron chi connectivity index (χ2n) is 5.80. The van der Waals surface area contributed by atoms with E-state index >= 15 is 0 Å². The Balaban J connectivity index is 0.00000364. The Labute approximate surface area is 176 Å². The van der Waals surface area contributed by atoms with Crippen LogP contribution in [0.1, 0.15) is 16.7 Å². The zero-order chi connectivity index (χ0) is 18.9. The van der Waals surface area contributed by atoms with Crippen molar-refractivity contribution >= 4 is 35.6 Å². The van der Waals surface area contributed by atoms with Crippen molar-refractivity contribution in [1.82, 2.24) is 10.6 Å². The number of methoxy groups -OCH3 is 1. The second-order valence-corrected chi connectivity index (χ2v) is 5.80. The predicted molar refractivity (Wildman–Crippen MR) is 118 cm³/mol. The number of para-hydroxylation sites is 1. The van der Waals surface area contributed by atoms with Crippen molar-refractivity contribution in [3.8, 4) is 5.75 Å². The van der Waals surface area contributed by atoms with Crippen LogP contribution in [0.15, 0.2) is 47.5 Å². The number of nitrogens with one attached hydrogen (secondary N) is 2. The van der Waals surface area contributed by atoms with Gasteiger partial charge < -0.3 is 15.4 Å². The summed E-state index contributed by atoms with van der Waals surface area (Å²) < 4.78 is 5.39. The standard InChI is InChI=1S/C19H24N4O3.HI/c1-14-8-9-18(26-3)15(12-14)10-11-21-19(20-2)22-13-16-6-4-5-7-17(16)23(24)25;/h4-9,12H,10-11,13H2,1-3H3,(H2,20,21,22);1H. The Morgan fingerprint density at radius 2 is 1.93 bits per heavy atom. The Morgan fingerprint density at radius 1 is 1.19 bits per heavy atom. The minimum Gasteiger partial charge on any atom is -0.496 e. The molecule has 2 rings (SSSR count). The van der Waals surface area contributed by atoms with Gasteiger partial charge in [0.2, 0.25) is 0 Å². The summed E-state index contributed by atoms with van der Waals surface area (Å²) in [6, 6.07) is 12.8. The number of rotatable bonds is 7. The van der Waals surface area contributed by atoms with E-state index in [1.165, 1.54) is 11.6 Å². The Bertz CT molecular complexity index is 796. The molecule has 0 unspecified atom stereocenters. The fourth-order valence-corrected chi connectivity index (χ4v) is 2.66. The van der Waals surface area contributed by atoms with Gasteiger partial charge in [-0.2, -0.15) is 0 Å². The minimum absolute atomic E-state index is 0. The maximum Gasteiger partial charge on any atom is 0.274 e. The topological polar surface area (TPSA) is 88.8 Å². The smallest absolute Gasteiger partial charge is 0.274 e. The summed E-state index contributed by atoms with van der Waals surface area (Å²) in [6.07, 6.45) is 0.775. The summed E-state index contributed by atoms with van der Waals surface area (Å²) in [5, 5.41) is 17.4. The number of benzene rings is 2. The highest BCUT2D eigenvalue weighted by molar-refractivity contribution is 14.0. The van der Waals surface area contributed by atoms with Crippen LogP contribution < -0.4 is 15.4 Å². The first kappa shape index (κ1) is 22.7. The molecular formula is C19H25IN4O3. The Hall–Kier alpha value is -2.36. The van der Waals surface area contributed by atoms with Gasteiger partial charge in [0.05, 0.1) is 12.0 Å². The van der Waals surface area contributed by atoms with Crippen molar-refractivity contribution in [2.75, 3.05) is 20.7 Å². The van der Waals surface area contributed by atoms with Gasteiger partial charge in [-0.25, -0.2) is 0 Å². The molecule has 0 amide bonds. The lowest BCUT2D eigenvalue weighted by Gasteiger charge is -2.13. The van der Waals surface area contributed by atoms with Crippen LogP contribution in [-0.2, 0) is 13.0 Å². The molecule has 0 aromatic heterocycles.